The average Bonchev–Trinajstić information content (AvgIpc) is 2.38. The third-order valence-electron chi connectivity index (χ3n) is 2.15. The minimum atomic E-state index is -1.26. The minimum absolute atomic E-state index is 0. The summed E-state index contributed by atoms with van der Waals surface area (Å²) < 4.78 is 0. The van der Waals surface area contributed by atoms with E-state index in [1.54, 1.807) is 30.3 Å². The molecule has 2 aromatic carbocycles. The molecule has 2 aromatic rings. The first-order valence-corrected chi connectivity index (χ1v) is 5.04. The molecule has 0 aliphatic rings. The topological polar surface area (TPSA) is 64.8 Å². The van der Waals surface area contributed by atoms with E-state index in [9.17, 15) is 9.90 Å². The smallest absolute Gasteiger partial charge is 0.545 e. The summed E-state index contributed by atoms with van der Waals surface area (Å²) in [6.07, 6.45) is 0. The molecule has 0 fully saturated rings. The predicted molar refractivity (Wildman–Crippen MR) is 61.4 cm³/mol. The van der Waals surface area contributed by atoms with Gasteiger partial charge in [0.05, 0.1) is 17.3 Å². The molecule has 84 valence electrons. The largest absolute Gasteiger partial charge is 1.00 e. The number of rotatable bonds is 3. The van der Waals surface area contributed by atoms with Gasteiger partial charge in [-0.3, -0.25) is 0 Å². The van der Waals surface area contributed by atoms with Gasteiger partial charge in [0.25, 0.3) is 0 Å². The quantitative estimate of drug-likeness (QED) is 0.552. The first kappa shape index (κ1) is 15.2. The molecule has 18 heavy (non-hydrogen) atoms. The van der Waals surface area contributed by atoms with Crippen LogP contribution < -0.4 is 56.5 Å². The Labute approximate surface area is 147 Å². The molecule has 0 saturated heterocycles. The van der Waals surface area contributed by atoms with Crippen molar-refractivity contribution < 1.29 is 61.3 Å². The summed E-state index contributed by atoms with van der Waals surface area (Å²) >= 11 is 0. The molecule has 0 amide bonds. The zero-order valence-corrected chi connectivity index (χ0v) is 13.0. The standard InChI is InChI=1S/C13H10N2O2.K/c16-13(17)11-8-4-5-9-12(11)15-14-10-6-2-1-3-7-10;/h1-9H,(H,16,17);/q;+1/p-1/b15-14+;. The Morgan fingerprint density at radius 3 is 2.17 bits per heavy atom. The molecule has 4 nitrogen and oxygen atoms in total. The van der Waals surface area contributed by atoms with E-state index >= 15 is 0 Å². The first-order valence-electron chi connectivity index (χ1n) is 5.04. The van der Waals surface area contributed by atoms with E-state index in [-0.39, 0.29) is 62.6 Å². The van der Waals surface area contributed by atoms with Gasteiger partial charge in [0.15, 0.2) is 0 Å². The normalized spacial score (nSPS) is 10.0. The summed E-state index contributed by atoms with van der Waals surface area (Å²) in [6, 6.07) is 15.4. The number of nitrogens with zero attached hydrogens (tertiary/aromatic N) is 2. The number of carbonyl (C=O) groups is 1. The summed E-state index contributed by atoms with van der Waals surface area (Å²) in [6.45, 7) is 0. The molecule has 0 aliphatic carbocycles. The van der Waals surface area contributed by atoms with Crippen molar-refractivity contribution in [2.24, 2.45) is 10.2 Å². The second-order valence-corrected chi connectivity index (χ2v) is 3.34. The van der Waals surface area contributed by atoms with E-state index in [1.807, 2.05) is 18.2 Å². The molecular weight excluding hydrogens is 255 g/mol. The number of hydrogen-bond acceptors (Lipinski definition) is 4. The van der Waals surface area contributed by atoms with E-state index in [2.05, 4.69) is 10.2 Å². The van der Waals surface area contributed by atoms with Crippen molar-refractivity contribution in [2.45, 2.75) is 0 Å². The molecule has 0 aliphatic heterocycles. The summed E-state index contributed by atoms with van der Waals surface area (Å²) in [7, 11) is 0. The molecule has 0 radical (unpaired) electrons. The first-order chi connectivity index (χ1) is 8.27. The van der Waals surface area contributed by atoms with Gasteiger partial charge in [0.2, 0.25) is 0 Å². The Kier molecular flexibility index (Phi) is 6.38. The van der Waals surface area contributed by atoms with Gasteiger partial charge in [-0.15, -0.1) is 5.11 Å². The van der Waals surface area contributed by atoms with Crippen LogP contribution >= 0.6 is 0 Å². The van der Waals surface area contributed by atoms with Crippen molar-refractivity contribution in [2.75, 3.05) is 0 Å². The average molecular weight is 264 g/mol. The molecule has 0 bridgehead atoms. The fourth-order valence-electron chi connectivity index (χ4n) is 1.34. The van der Waals surface area contributed by atoms with Gasteiger partial charge in [-0.2, -0.15) is 5.11 Å². The summed E-state index contributed by atoms with van der Waals surface area (Å²) in [5.74, 6) is -1.26. The SMILES string of the molecule is O=C([O-])c1ccccc1/N=N/c1ccccc1.[K+]. The van der Waals surface area contributed by atoms with Crippen LogP contribution in [0.3, 0.4) is 0 Å². The number of carboxylic acid groups (broad SMARTS) is 1. The summed E-state index contributed by atoms with van der Waals surface area (Å²) in [5, 5.41) is 18.7. The minimum Gasteiger partial charge on any atom is -0.545 e. The van der Waals surface area contributed by atoms with Gasteiger partial charge in [-0.1, -0.05) is 36.4 Å². The molecule has 2 rings (SSSR count). The van der Waals surface area contributed by atoms with Gasteiger partial charge < -0.3 is 9.90 Å². The van der Waals surface area contributed by atoms with E-state index in [4.69, 9.17) is 0 Å². The zero-order valence-electron chi connectivity index (χ0n) is 9.91. The van der Waals surface area contributed by atoms with Gasteiger partial charge in [0, 0.05) is 5.56 Å². The van der Waals surface area contributed by atoms with Crippen LogP contribution in [-0.2, 0) is 0 Å². The van der Waals surface area contributed by atoms with Crippen LogP contribution in [0.15, 0.2) is 64.8 Å². The van der Waals surface area contributed by atoms with Crippen LogP contribution in [-0.4, -0.2) is 5.97 Å². The molecular formula is C13H9KN2O2. The Hall–Kier alpha value is -0.854. The number of carbonyl (C=O) groups excluding carboxylic acids is 1. The summed E-state index contributed by atoms with van der Waals surface area (Å²) in [5.41, 5.74) is 0.990. The second kappa shape index (κ2) is 7.55. The zero-order chi connectivity index (χ0) is 12.1. The molecule has 0 aromatic heterocycles. The van der Waals surface area contributed by atoms with Crippen LogP contribution in [0.25, 0.3) is 0 Å². The molecule has 5 heteroatoms. The number of aromatic carboxylic acids is 1. The molecule has 0 heterocycles. The number of carboxylic acids is 1. The maximum absolute atomic E-state index is 10.8. The van der Waals surface area contributed by atoms with E-state index in [0.29, 0.717) is 5.69 Å². The molecule has 0 saturated carbocycles. The molecule has 0 spiro atoms. The van der Waals surface area contributed by atoms with Crippen LogP contribution in [0.1, 0.15) is 10.4 Å². The van der Waals surface area contributed by atoms with Crippen molar-refractivity contribution in [3.63, 3.8) is 0 Å². The van der Waals surface area contributed by atoms with Gasteiger partial charge >= 0.3 is 51.4 Å². The predicted octanol–water partition coefficient (Wildman–Crippen LogP) is -0.531. The number of benzene rings is 2. The van der Waals surface area contributed by atoms with Crippen molar-refractivity contribution in [3.8, 4) is 0 Å². The van der Waals surface area contributed by atoms with Crippen LogP contribution in [0, 0.1) is 0 Å². The fraction of sp³-hybridized carbons (Fsp3) is 0. The van der Waals surface area contributed by atoms with Gasteiger partial charge in [-0.25, -0.2) is 0 Å². The van der Waals surface area contributed by atoms with E-state index in [1.165, 1.54) is 6.07 Å². The number of hydrogen-bond donors (Lipinski definition) is 0. The Bertz CT molecular complexity index is 556. The van der Waals surface area contributed by atoms with Gasteiger partial charge in [-0.05, 0) is 18.2 Å². The Balaban J connectivity index is 0.00000162. The van der Waals surface area contributed by atoms with Crippen LogP contribution in [0.2, 0.25) is 0 Å². The molecule has 0 unspecified atom stereocenters. The van der Waals surface area contributed by atoms with Crippen LogP contribution in [0.4, 0.5) is 11.4 Å². The van der Waals surface area contributed by atoms with Gasteiger partial charge in [0.1, 0.15) is 0 Å². The van der Waals surface area contributed by atoms with Crippen molar-refractivity contribution in [3.05, 3.63) is 60.2 Å². The van der Waals surface area contributed by atoms with Crippen molar-refractivity contribution in [1.82, 2.24) is 0 Å². The maximum Gasteiger partial charge on any atom is 1.00 e. The fourth-order valence-corrected chi connectivity index (χ4v) is 1.34. The third kappa shape index (κ3) is 4.11. The molecule has 0 N–H and O–H groups in total. The summed E-state index contributed by atoms with van der Waals surface area (Å²) in [4.78, 5) is 10.8. The number of azo groups is 1. The molecule has 0 atom stereocenters. The third-order valence-corrected chi connectivity index (χ3v) is 2.15. The van der Waals surface area contributed by atoms with Crippen LogP contribution in [0.5, 0.6) is 0 Å². The maximum atomic E-state index is 10.8. The van der Waals surface area contributed by atoms with Crippen molar-refractivity contribution in [1.29, 1.82) is 0 Å². The Morgan fingerprint density at radius 1 is 0.889 bits per heavy atom. The monoisotopic (exact) mass is 264 g/mol. The van der Waals surface area contributed by atoms with E-state index in [0.717, 1.165) is 0 Å². The van der Waals surface area contributed by atoms with Crippen molar-refractivity contribution >= 4 is 17.3 Å². The Morgan fingerprint density at radius 2 is 1.50 bits per heavy atom. The van der Waals surface area contributed by atoms with E-state index < -0.39 is 5.97 Å². The second-order valence-electron chi connectivity index (χ2n) is 3.34.